The molecule has 0 spiro atoms. The number of likely N-dealkylation sites (N-methyl/N-ethyl adjacent to an activating group) is 2. The van der Waals surface area contributed by atoms with Crippen molar-refractivity contribution in [3.8, 4) is 0 Å². The monoisotopic (exact) mass is 505 g/mol. The normalized spacial score (nSPS) is 12.4. The first-order valence-electron chi connectivity index (χ1n) is 11.9. The van der Waals surface area contributed by atoms with Crippen LogP contribution in [0.25, 0.3) is 0 Å². The summed E-state index contributed by atoms with van der Waals surface area (Å²) in [5.74, 6) is 0.354. The summed E-state index contributed by atoms with van der Waals surface area (Å²) in [5, 5.41) is 12.8. The van der Waals surface area contributed by atoms with Crippen molar-refractivity contribution in [3.63, 3.8) is 0 Å². The Hall–Kier alpha value is -2.69. The first-order chi connectivity index (χ1) is 16.6. The Balaban J connectivity index is 2.44. The number of hydrogen-bond donors (Lipinski definition) is 2. The van der Waals surface area contributed by atoms with Crippen molar-refractivity contribution in [2.45, 2.75) is 32.7 Å². The predicted molar refractivity (Wildman–Crippen MR) is 142 cm³/mol. The summed E-state index contributed by atoms with van der Waals surface area (Å²) in [6.07, 6.45) is 2.22. The second-order valence-electron chi connectivity index (χ2n) is 8.83. The van der Waals surface area contributed by atoms with Gasteiger partial charge in [0.25, 0.3) is 5.91 Å². The number of amides is 1. The Kier molecular flexibility index (Phi) is 10.9. The molecule has 0 saturated carbocycles. The van der Waals surface area contributed by atoms with E-state index in [4.69, 9.17) is 0 Å². The highest BCUT2D eigenvalue weighted by Gasteiger charge is 2.23. The molecular weight excluding hydrogens is 466 g/mol. The molecule has 1 aromatic carbocycles. The van der Waals surface area contributed by atoms with Crippen LogP contribution in [-0.2, 0) is 16.4 Å². The molecule has 1 atom stereocenters. The molecule has 0 aliphatic carbocycles. The molecule has 0 aliphatic heterocycles. The molecule has 2 aromatic rings. The molecule has 1 unspecified atom stereocenters. The van der Waals surface area contributed by atoms with Gasteiger partial charge in [-0.2, -0.15) is 0 Å². The lowest BCUT2D eigenvalue weighted by Crippen LogP contribution is -2.39. The van der Waals surface area contributed by atoms with E-state index < -0.39 is 22.0 Å². The average molecular weight is 506 g/mol. The van der Waals surface area contributed by atoms with Crippen molar-refractivity contribution >= 4 is 27.6 Å². The fourth-order valence-corrected chi connectivity index (χ4v) is 4.61. The molecule has 9 nitrogen and oxygen atoms in total. The van der Waals surface area contributed by atoms with Crippen LogP contribution in [0.3, 0.4) is 0 Å². The number of hydrogen-bond acceptors (Lipinski definition) is 7. The molecule has 194 valence electrons. The van der Waals surface area contributed by atoms with Crippen LogP contribution in [0.4, 0.5) is 11.6 Å². The van der Waals surface area contributed by atoms with Gasteiger partial charge in [0.15, 0.2) is 0 Å². The Morgan fingerprint density at radius 2 is 1.71 bits per heavy atom. The molecule has 0 aliphatic rings. The van der Waals surface area contributed by atoms with Crippen molar-refractivity contribution in [3.05, 3.63) is 53.6 Å². The molecule has 0 saturated heterocycles. The fraction of sp³-hybridized carbons (Fsp3) is 0.520. The quantitative estimate of drug-likeness (QED) is 0.404. The van der Waals surface area contributed by atoms with E-state index in [9.17, 15) is 18.3 Å². The number of benzene rings is 1. The molecular formula is C25H39N5O4S. The summed E-state index contributed by atoms with van der Waals surface area (Å²) >= 11 is 0. The molecule has 1 amide bonds. The van der Waals surface area contributed by atoms with Crippen molar-refractivity contribution in [1.82, 2.24) is 15.2 Å². The maximum Gasteiger partial charge on any atom is 0.251 e. The highest BCUT2D eigenvalue weighted by atomic mass is 32.2. The zero-order valence-corrected chi connectivity index (χ0v) is 22.3. The van der Waals surface area contributed by atoms with Crippen LogP contribution in [-0.4, -0.2) is 88.5 Å². The van der Waals surface area contributed by atoms with Crippen molar-refractivity contribution in [2.24, 2.45) is 0 Å². The van der Waals surface area contributed by atoms with Gasteiger partial charge >= 0.3 is 0 Å². The summed E-state index contributed by atoms with van der Waals surface area (Å²) in [6.45, 7) is 6.00. The lowest BCUT2D eigenvalue weighted by molar-refractivity contribution is 0.0916. The Morgan fingerprint density at radius 3 is 2.26 bits per heavy atom. The molecule has 2 N–H and O–H groups in total. The third-order valence-electron chi connectivity index (χ3n) is 5.55. The van der Waals surface area contributed by atoms with Crippen molar-refractivity contribution in [2.75, 3.05) is 62.3 Å². The molecule has 2 rings (SSSR count). The summed E-state index contributed by atoms with van der Waals surface area (Å²) in [5.41, 5.74) is 1.29. The summed E-state index contributed by atoms with van der Waals surface area (Å²) in [6, 6.07) is 12.3. The predicted octanol–water partition coefficient (Wildman–Crippen LogP) is 1.98. The van der Waals surface area contributed by atoms with Crippen LogP contribution < -0.4 is 14.5 Å². The van der Waals surface area contributed by atoms with E-state index >= 15 is 0 Å². The number of carbonyl (C=O) groups excluding carboxylic acids is 1. The van der Waals surface area contributed by atoms with Crippen LogP contribution in [0.15, 0.2) is 42.5 Å². The number of pyridine rings is 1. The lowest BCUT2D eigenvalue weighted by Gasteiger charge is -2.27. The van der Waals surface area contributed by atoms with Gasteiger partial charge in [-0.1, -0.05) is 37.3 Å². The SMILES string of the molecule is CCCN(c1cc(C(=O)NC(CO)Cc2ccccc2)cc(N(CC)CCN(C)C)n1)S(C)(=O)=O. The lowest BCUT2D eigenvalue weighted by atomic mass is 10.1. The number of carbonyl (C=O) groups is 1. The molecule has 0 radical (unpaired) electrons. The molecule has 35 heavy (non-hydrogen) atoms. The fourth-order valence-electron chi connectivity index (χ4n) is 3.66. The van der Waals surface area contributed by atoms with Gasteiger partial charge in [0, 0.05) is 31.7 Å². The number of aliphatic hydroxyl groups excluding tert-OH is 1. The third-order valence-corrected chi connectivity index (χ3v) is 6.72. The number of nitrogens with zero attached hydrogens (tertiary/aromatic N) is 4. The van der Waals surface area contributed by atoms with Gasteiger partial charge in [-0.15, -0.1) is 0 Å². The topological polar surface area (TPSA) is 106 Å². The highest BCUT2D eigenvalue weighted by molar-refractivity contribution is 7.92. The van der Waals surface area contributed by atoms with Crippen LogP contribution in [0.1, 0.15) is 36.2 Å². The van der Waals surface area contributed by atoms with Gasteiger partial charge in [0.05, 0.1) is 18.9 Å². The molecule has 1 heterocycles. The first kappa shape index (κ1) is 28.5. The van der Waals surface area contributed by atoms with Gasteiger partial charge in [-0.05, 0) is 51.6 Å². The second kappa shape index (κ2) is 13.4. The van der Waals surface area contributed by atoms with E-state index in [0.717, 1.165) is 18.4 Å². The maximum atomic E-state index is 13.3. The highest BCUT2D eigenvalue weighted by Crippen LogP contribution is 2.23. The zero-order valence-electron chi connectivity index (χ0n) is 21.4. The van der Waals surface area contributed by atoms with Crippen LogP contribution in [0, 0.1) is 0 Å². The standard InChI is InChI=1S/C25H39N5O4S/c1-6-13-30(35(5,33)34)24-18-21(17-23(27-24)29(7-2)15-14-28(3)4)25(32)26-22(19-31)16-20-11-9-8-10-12-20/h8-12,17-18,22,31H,6-7,13-16,19H2,1-5H3,(H,26,32). The minimum Gasteiger partial charge on any atom is -0.394 e. The Labute approximate surface area is 209 Å². The minimum atomic E-state index is -3.59. The van der Waals surface area contributed by atoms with E-state index in [1.807, 2.05) is 63.2 Å². The summed E-state index contributed by atoms with van der Waals surface area (Å²) in [7, 11) is 0.361. The van der Waals surface area contributed by atoms with Crippen LogP contribution in [0.2, 0.25) is 0 Å². The van der Waals surface area contributed by atoms with Gasteiger partial charge < -0.3 is 20.2 Å². The maximum absolute atomic E-state index is 13.3. The molecule has 0 fully saturated rings. The Bertz CT molecular complexity index is 1050. The summed E-state index contributed by atoms with van der Waals surface area (Å²) in [4.78, 5) is 22.0. The average Bonchev–Trinajstić information content (AvgIpc) is 2.82. The van der Waals surface area contributed by atoms with E-state index in [1.165, 1.54) is 10.4 Å². The van der Waals surface area contributed by atoms with E-state index in [0.29, 0.717) is 37.3 Å². The molecule has 1 aromatic heterocycles. The van der Waals surface area contributed by atoms with Gasteiger partial charge in [-0.25, -0.2) is 13.4 Å². The first-order valence-corrected chi connectivity index (χ1v) is 13.8. The molecule has 0 bridgehead atoms. The Morgan fingerprint density at radius 1 is 1.06 bits per heavy atom. The number of sulfonamides is 1. The largest absolute Gasteiger partial charge is 0.394 e. The van der Waals surface area contributed by atoms with Crippen molar-refractivity contribution < 1.29 is 18.3 Å². The van der Waals surface area contributed by atoms with E-state index in [-0.39, 0.29) is 19.0 Å². The summed E-state index contributed by atoms with van der Waals surface area (Å²) < 4.78 is 26.3. The smallest absolute Gasteiger partial charge is 0.251 e. The van der Waals surface area contributed by atoms with E-state index in [1.54, 1.807) is 6.07 Å². The van der Waals surface area contributed by atoms with Gasteiger partial charge in [0.1, 0.15) is 11.6 Å². The zero-order chi connectivity index (χ0) is 26.0. The number of aliphatic hydroxyl groups is 1. The van der Waals surface area contributed by atoms with Crippen LogP contribution in [0.5, 0.6) is 0 Å². The third kappa shape index (κ3) is 8.79. The second-order valence-corrected chi connectivity index (χ2v) is 10.7. The van der Waals surface area contributed by atoms with Gasteiger partial charge in [-0.3, -0.25) is 9.10 Å². The number of nitrogens with one attached hydrogen (secondary N) is 1. The number of aromatic nitrogens is 1. The van der Waals surface area contributed by atoms with E-state index in [2.05, 4.69) is 15.2 Å². The van der Waals surface area contributed by atoms with Gasteiger partial charge in [0.2, 0.25) is 10.0 Å². The number of anilines is 2. The molecule has 10 heteroatoms. The minimum absolute atomic E-state index is 0.212. The van der Waals surface area contributed by atoms with Crippen molar-refractivity contribution in [1.29, 1.82) is 0 Å². The number of rotatable bonds is 14. The van der Waals surface area contributed by atoms with Crippen LogP contribution >= 0.6 is 0 Å².